The van der Waals surface area contributed by atoms with Gasteiger partial charge in [-0.3, -0.25) is 9.59 Å². The van der Waals surface area contributed by atoms with E-state index in [4.69, 9.17) is 11.6 Å². The highest BCUT2D eigenvalue weighted by molar-refractivity contribution is 6.31. The summed E-state index contributed by atoms with van der Waals surface area (Å²) < 4.78 is 41.1. The van der Waals surface area contributed by atoms with Gasteiger partial charge in [-0.15, -0.1) is 0 Å². The number of amides is 2. The van der Waals surface area contributed by atoms with Gasteiger partial charge in [0.2, 0.25) is 0 Å². The minimum Gasteiger partial charge on any atom is -0.394 e. The number of nitrogens with zero attached hydrogens (tertiary/aromatic N) is 2. The van der Waals surface area contributed by atoms with Gasteiger partial charge in [0.15, 0.2) is 0 Å². The van der Waals surface area contributed by atoms with Gasteiger partial charge in [0.25, 0.3) is 11.8 Å². The Morgan fingerprint density at radius 1 is 1.18 bits per heavy atom. The second kappa shape index (κ2) is 8.87. The number of hydrogen-bond donors (Lipinski definition) is 3. The summed E-state index contributed by atoms with van der Waals surface area (Å²) in [5.74, 6) is -1.42. The highest BCUT2D eigenvalue weighted by Crippen LogP contribution is 2.34. The molecule has 1 aromatic heterocycles. The van der Waals surface area contributed by atoms with Crippen LogP contribution in [0.1, 0.15) is 38.1 Å². The topological polar surface area (TPSA) is 98.3 Å². The fourth-order valence-electron chi connectivity index (χ4n) is 3.53. The molecule has 0 spiro atoms. The number of benzene rings is 2. The van der Waals surface area contributed by atoms with Crippen molar-refractivity contribution in [1.82, 2.24) is 20.2 Å². The number of hydrogen-bond acceptors (Lipinski definition) is 4. The van der Waals surface area contributed by atoms with Crippen molar-refractivity contribution in [2.75, 3.05) is 19.7 Å². The molecule has 33 heavy (non-hydrogen) atoms. The van der Waals surface area contributed by atoms with Gasteiger partial charge in [-0.25, -0.2) is 4.98 Å². The number of carbonyl (C=O) groups is 2. The Hall–Kier alpha value is -3.37. The summed E-state index contributed by atoms with van der Waals surface area (Å²) in [5, 5.41) is 12.7. The second-order valence-electron chi connectivity index (χ2n) is 7.43. The maximum atomic E-state index is 13.7. The molecule has 3 aromatic rings. The van der Waals surface area contributed by atoms with E-state index in [0.29, 0.717) is 22.1 Å². The molecule has 4 rings (SSSR count). The number of nitrogens with one attached hydrogen (secondary N) is 2. The number of imidazole rings is 1. The molecular formula is C22H18ClF3N4O3. The van der Waals surface area contributed by atoms with Crippen LogP contribution < -0.4 is 5.32 Å². The number of aromatic nitrogens is 2. The Bertz CT molecular complexity index is 1250. The third kappa shape index (κ3) is 4.71. The van der Waals surface area contributed by atoms with Crippen LogP contribution >= 0.6 is 11.6 Å². The van der Waals surface area contributed by atoms with Crippen LogP contribution in [0.15, 0.2) is 48.6 Å². The van der Waals surface area contributed by atoms with Crippen molar-refractivity contribution in [2.24, 2.45) is 0 Å². The molecule has 0 saturated heterocycles. The number of alkyl halides is 3. The van der Waals surface area contributed by atoms with Crippen molar-refractivity contribution in [3.8, 4) is 0 Å². The molecule has 11 heteroatoms. The van der Waals surface area contributed by atoms with Crippen LogP contribution in [0.25, 0.3) is 11.0 Å². The van der Waals surface area contributed by atoms with Gasteiger partial charge < -0.3 is 20.3 Å². The first-order chi connectivity index (χ1) is 15.7. The summed E-state index contributed by atoms with van der Waals surface area (Å²) in [4.78, 5) is 33.7. The summed E-state index contributed by atoms with van der Waals surface area (Å²) in [7, 11) is 0. The molecule has 1 atom stereocenters. The Kier molecular flexibility index (Phi) is 6.13. The van der Waals surface area contributed by atoms with E-state index >= 15 is 0 Å². The fourth-order valence-corrected chi connectivity index (χ4v) is 3.70. The zero-order valence-corrected chi connectivity index (χ0v) is 17.7. The average molecular weight is 479 g/mol. The van der Waals surface area contributed by atoms with Gasteiger partial charge in [-0.2, -0.15) is 13.2 Å². The highest BCUT2D eigenvalue weighted by atomic mass is 35.5. The maximum Gasteiger partial charge on any atom is 0.417 e. The maximum absolute atomic E-state index is 13.7. The zero-order chi connectivity index (χ0) is 23.8. The smallest absolute Gasteiger partial charge is 0.394 e. The van der Waals surface area contributed by atoms with Gasteiger partial charge in [-0.1, -0.05) is 23.8 Å². The molecule has 1 aliphatic rings. The van der Waals surface area contributed by atoms with Crippen molar-refractivity contribution in [1.29, 1.82) is 0 Å². The molecule has 1 aliphatic heterocycles. The van der Waals surface area contributed by atoms with Crippen LogP contribution in [0.4, 0.5) is 13.2 Å². The standard InChI is InChI=1S/C22H18ClF3N4O3/c23-13-4-6-16-17(10-13)28-19(27-16)18(11-31)29-20(32)12-3-5-14(15(9-12)22(24,25)26)21(33)30-7-1-2-8-30/h1-6,9-10,18,31H,7-8,11H2,(H,27,28)(H,29,32). The van der Waals surface area contributed by atoms with E-state index in [2.05, 4.69) is 15.3 Å². The largest absolute Gasteiger partial charge is 0.417 e. The zero-order valence-electron chi connectivity index (χ0n) is 17.0. The number of carbonyl (C=O) groups excluding carboxylic acids is 2. The van der Waals surface area contributed by atoms with Crippen LogP contribution in [-0.4, -0.2) is 51.5 Å². The molecule has 172 valence electrons. The van der Waals surface area contributed by atoms with Gasteiger partial charge in [0.05, 0.1) is 28.8 Å². The first-order valence-electron chi connectivity index (χ1n) is 9.90. The summed E-state index contributed by atoms with van der Waals surface area (Å²) in [6, 6.07) is 6.67. The lowest BCUT2D eigenvalue weighted by Gasteiger charge is -2.20. The predicted molar refractivity (Wildman–Crippen MR) is 115 cm³/mol. The van der Waals surface area contributed by atoms with Gasteiger partial charge in [0.1, 0.15) is 11.9 Å². The summed E-state index contributed by atoms with van der Waals surface area (Å²) in [6.07, 6.45) is -1.47. The number of aliphatic hydroxyl groups excluding tert-OH is 1. The molecule has 0 saturated carbocycles. The monoisotopic (exact) mass is 478 g/mol. The van der Waals surface area contributed by atoms with Crippen LogP contribution in [0.3, 0.4) is 0 Å². The average Bonchev–Trinajstić information content (AvgIpc) is 3.45. The van der Waals surface area contributed by atoms with E-state index < -0.39 is 41.8 Å². The second-order valence-corrected chi connectivity index (χ2v) is 7.87. The van der Waals surface area contributed by atoms with Crippen LogP contribution in [0.5, 0.6) is 0 Å². The van der Waals surface area contributed by atoms with Crippen molar-refractivity contribution in [3.05, 3.63) is 76.1 Å². The molecule has 1 unspecified atom stereocenters. The Morgan fingerprint density at radius 2 is 1.91 bits per heavy atom. The van der Waals surface area contributed by atoms with Crippen LogP contribution in [-0.2, 0) is 6.18 Å². The molecule has 0 fully saturated rings. The SMILES string of the molecule is O=C(NC(CO)c1nc2ccc(Cl)cc2[nH]1)c1ccc(C(=O)N2CC=CC2)c(C(F)(F)F)c1. The Balaban J connectivity index is 1.60. The number of aromatic amines is 1. The molecule has 2 heterocycles. The molecular weight excluding hydrogens is 461 g/mol. The number of halogens is 4. The number of rotatable bonds is 5. The van der Waals surface area contributed by atoms with Crippen molar-refractivity contribution in [3.63, 3.8) is 0 Å². The summed E-state index contributed by atoms with van der Waals surface area (Å²) in [6.45, 7) is -0.109. The number of fused-ring (bicyclic) bond motifs is 1. The molecule has 2 amide bonds. The molecule has 7 nitrogen and oxygen atoms in total. The van der Waals surface area contributed by atoms with Gasteiger partial charge in [0, 0.05) is 23.7 Å². The van der Waals surface area contributed by atoms with E-state index in [1.165, 1.54) is 4.90 Å². The number of aliphatic hydroxyl groups is 1. The molecule has 0 bridgehead atoms. The molecule has 2 aromatic carbocycles. The lowest BCUT2D eigenvalue weighted by molar-refractivity contribution is -0.138. The first kappa shape index (κ1) is 22.8. The van der Waals surface area contributed by atoms with E-state index in [1.54, 1.807) is 30.4 Å². The highest BCUT2D eigenvalue weighted by Gasteiger charge is 2.37. The molecule has 3 N–H and O–H groups in total. The van der Waals surface area contributed by atoms with E-state index in [1.807, 2.05) is 0 Å². The minimum atomic E-state index is -4.84. The third-order valence-electron chi connectivity index (χ3n) is 5.20. The van der Waals surface area contributed by atoms with Crippen molar-refractivity contribution >= 4 is 34.4 Å². The van der Waals surface area contributed by atoms with Crippen molar-refractivity contribution in [2.45, 2.75) is 12.2 Å². The Labute approximate surface area is 190 Å². The lowest BCUT2D eigenvalue weighted by atomic mass is 10.0. The Morgan fingerprint density at radius 3 is 2.58 bits per heavy atom. The van der Waals surface area contributed by atoms with Crippen LogP contribution in [0.2, 0.25) is 5.02 Å². The van der Waals surface area contributed by atoms with E-state index in [9.17, 15) is 27.9 Å². The third-order valence-corrected chi connectivity index (χ3v) is 5.44. The molecule has 0 aliphatic carbocycles. The van der Waals surface area contributed by atoms with E-state index in [-0.39, 0.29) is 24.5 Å². The van der Waals surface area contributed by atoms with Gasteiger partial charge >= 0.3 is 6.18 Å². The minimum absolute atomic E-state index is 0.215. The quantitative estimate of drug-likeness (QED) is 0.487. The fraction of sp³-hybridized carbons (Fsp3) is 0.227. The van der Waals surface area contributed by atoms with E-state index in [0.717, 1.165) is 12.1 Å². The lowest BCUT2D eigenvalue weighted by Crippen LogP contribution is -2.33. The van der Waals surface area contributed by atoms with Crippen molar-refractivity contribution < 1.29 is 27.9 Å². The summed E-state index contributed by atoms with van der Waals surface area (Å²) in [5.41, 5.74) is -0.929. The first-order valence-corrected chi connectivity index (χ1v) is 10.3. The number of H-pyrrole nitrogens is 1. The van der Waals surface area contributed by atoms with Gasteiger partial charge in [-0.05, 0) is 36.4 Å². The predicted octanol–water partition coefficient (Wildman–Crippen LogP) is 3.71. The summed E-state index contributed by atoms with van der Waals surface area (Å²) >= 11 is 5.94. The van der Waals surface area contributed by atoms with Crippen LogP contribution in [0, 0.1) is 0 Å². The molecule has 0 radical (unpaired) electrons. The normalized spacial score (nSPS) is 14.6.